The van der Waals surface area contributed by atoms with Crippen LogP contribution in [0.1, 0.15) is 20.3 Å². The second-order valence-corrected chi connectivity index (χ2v) is 4.24. The number of rotatable bonds is 3. The van der Waals surface area contributed by atoms with Crippen LogP contribution in [0.15, 0.2) is 0 Å². The fraction of sp³-hybridized carbons (Fsp3) is 1.00. The van der Waals surface area contributed by atoms with Crippen molar-refractivity contribution in [1.82, 2.24) is 9.80 Å². The Morgan fingerprint density at radius 3 is 2.62 bits per heavy atom. The molecule has 3 heteroatoms. The molecule has 1 rings (SSSR count). The van der Waals surface area contributed by atoms with E-state index in [0.717, 1.165) is 26.1 Å². The lowest BCUT2D eigenvalue weighted by molar-refractivity contribution is 0.0610. The second kappa shape index (κ2) is 4.94. The topological polar surface area (TPSA) is 26.7 Å². The lowest BCUT2D eigenvalue weighted by atomic mass is 10.1. The van der Waals surface area contributed by atoms with E-state index >= 15 is 0 Å². The van der Waals surface area contributed by atoms with Gasteiger partial charge in [-0.3, -0.25) is 4.90 Å². The molecule has 0 unspecified atom stereocenters. The molecule has 0 radical (unpaired) electrons. The van der Waals surface area contributed by atoms with E-state index in [0.29, 0.717) is 18.7 Å². The highest BCUT2D eigenvalue weighted by Gasteiger charge is 2.24. The van der Waals surface area contributed by atoms with Gasteiger partial charge in [0, 0.05) is 38.3 Å². The largest absolute Gasteiger partial charge is 0.396 e. The Bertz CT molecular complexity index is 150. The molecule has 3 nitrogen and oxygen atoms in total. The van der Waals surface area contributed by atoms with Crippen molar-refractivity contribution in [3.8, 4) is 0 Å². The summed E-state index contributed by atoms with van der Waals surface area (Å²) in [6.07, 6.45) is 0.903. The number of hydrogen-bond donors (Lipinski definition) is 1. The normalized spacial score (nSPS) is 27.0. The van der Waals surface area contributed by atoms with E-state index in [1.54, 1.807) is 0 Å². The Hall–Kier alpha value is -0.120. The molecule has 0 aromatic rings. The third kappa shape index (κ3) is 2.93. The molecule has 1 saturated heterocycles. The van der Waals surface area contributed by atoms with Gasteiger partial charge in [0.25, 0.3) is 0 Å². The van der Waals surface area contributed by atoms with Gasteiger partial charge in [-0.1, -0.05) is 0 Å². The summed E-state index contributed by atoms with van der Waals surface area (Å²) in [5.74, 6) is 0. The average Bonchev–Trinajstić information content (AvgIpc) is 2.08. The minimum absolute atomic E-state index is 0.306. The Balaban J connectivity index is 2.42. The lowest BCUT2D eigenvalue weighted by Crippen LogP contribution is -2.53. The van der Waals surface area contributed by atoms with Gasteiger partial charge in [-0.15, -0.1) is 0 Å². The van der Waals surface area contributed by atoms with Crippen LogP contribution in [0.4, 0.5) is 0 Å². The first kappa shape index (κ1) is 11.0. The summed E-state index contributed by atoms with van der Waals surface area (Å²) in [7, 11) is 2.15. The maximum atomic E-state index is 8.92. The van der Waals surface area contributed by atoms with Crippen molar-refractivity contribution >= 4 is 0 Å². The predicted molar refractivity (Wildman–Crippen MR) is 54.8 cm³/mol. The van der Waals surface area contributed by atoms with Crippen LogP contribution in [0.3, 0.4) is 0 Å². The quantitative estimate of drug-likeness (QED) is 0.691. The highest BCUT2D eigenvalue weighted by molar-refractivity contribution is 4.81. The first-order valence-electron chi connectivity index (χ1n) is 5.20. The maximum absolute atomic E-state index is 8.92. The van der Waals surface area contributed by atoms with Crippen LogP contribution < -0.4 is 0 Å². The molecule has 0 aliphatic carbocycles. The highest BCUT2D eigenvalue weighted by Crippen LogP contribution is 2.12. The fourth-order valence-electron chi connectivity index (χ4n) is 1.90. The zero-order valence-corrected chi connectivity index (χ0v) is 9.03. The number of nitrogens with zero attached hydrogens (tertiary/aromatic N) is 2. The summed E-state index contributed by atoms with van der Waals surface area (Å²) in [5, 5.41) is 8.92. The SMILES string of the molecule is CC(C)N1CCN(C)[C@H](CCO)C1. The van der Waals surface area contributed by atoms with Crippen molar-refractivity contribution in [2.75, 3.05) is 33.3 Å². The van der Waals surface area contributed by atoms with E-state index in [9.17, 15) is 0 Å². The average molecular weight is 186 g/mol. The Labute approximate surface area is 81.3 Å². The molecule has 0 aromatic carbocycles. The van der Waals surface area contributed by atoms with Crippen LogP contribution in [-0.2, 0) is 0 Å². The molecule has 0 bridgehead atoms. The maximum Gasteiger partial charge on any atom is 0.0446 e. The van der Waals surface area contributed by atoms with Crippen molar-refractivity contribution in [3.63, 3.8) is 0 Å². The van der Waals surface area contributed by atoms with Crippen LogP contribution >= 0.6 is 0 Å². The smallest absolute Gasteiger partial charge is 0.0446 e. The number of piperazine rings is 1. The molecular formula is C10H22N2O. The van der Waals surface area contributed by atoms with Crippen molar-refractivity contribution < 1.29 is 5.11 Å². The molecule has 1 heterocycles. The summed E-state index contributed by atoms with van der Waals surface area (Å²) < 4.78 is 0. The summed E-state index contributed by atoms with van der Waals surface area (Å²) in [6.45, 7) is 8.18. The second-order valence-electron chi connectivity index (χ2n) is 4.24. The molecule has 0 amide bonds. The molecule has 13 heavy (non-hydrogen) atoms. The van der Waals surface area contributed by atoms with Crippen LogP contribution in [-0.4, -0.2) is 60.3 Å². The van der Waals surface area contributed by atoms with E-state index in [1.807, 2.05) is 0 Å². The summed E-state index contributed by atoms with van der Waals surface area (Å²) >= 11 is 0. The van der Waals surface area contributed by atoms with Gasteiger partial charge in [0.05, 0.1) is 0 Å². The van der Waals surface area contributed by atoms with Gasteiger partial charge in [-0.25, -0.2) is 0 Å². The number of hydrogen-bond acceptors (Lipinski definition) is 3. The van der Waals surface area contributed by atoms with Gasteiger partial charge in [0.1, 0.15) is 0 Å². The molecule has 1 atom stereocenters. The van der Waals surface area contributed by atoms with Crippen molar-refractivity contribution in [1.29, 1.82) is 0 Å². The summed E-state index contributed by atoms with van der Waals surface area (Å²) in [4.78, 5) is 4.84. The fourth-order valence-corrected chi connectivity index (χ4v) is 1.90. The Morgan fingerprint density at radius 2 is 2.08 bits per heavy atom. The highest BCUT2D eigenvalue weighted by atomic mass is 16.3. The van der Waals surface area contributed by atoms with Gasteiger partial charge >= 0.3 is 0 Å². The standard InChI is InChI=1S/C10H22N2O/c1-9(2)12-6-5-11(3)10(8-12)4-7-13/h9-10,13H,4-8H2,1-3H3/t10-/m1/s1. The minimum Gasteiger partial charge on any atom is -0.396 e. The van der Waals surface area contributed by atoms with Crippen molar-refractivity contribution in [3.05, 3.63) is 0 Å². The Morgan fingerprint density at radius 1 is 1.38 bits per heavy atom. The van der Waals surface area contributed by atoms with Crippen LogP contribution in [0.5, 0.6) is 0 Å². The monoisotopic (exact) mass is 186 g/mol. The van der Waals surface area contributed by atoms with E-state index < -0.39 is 0 Å². The predicted octanol–water partition coefficient (Wildman–Crippen LogP) is 0.393. The first-order chi connectivity index (χ1) is 6.15. The van der Waals surface area contributed by atoms with Crippen LogP contribution in [0, 0.1) is 0 Å². The molecule has 0 saturated carbocycles. The van der Waals surface area contributed by atoms with Gasteiger partial charge in [0.15, 0.2) is 0 Å². The first-order valence-corrected chi connectivity index (χ1v) is 5.20. The van der Waals surface area contributed by atoms with Gasteiger partial charge in [0.2, 0.25) is 0 Å². The third-order valence-electron chi connectivity index (χ3n) is 3.00. The number of aliphatic hydroxyl groups excluding tert-OH is 1. The van der Waals surface area contributed by atoms with E-state index in [-0.39, 0.29) is 0 Å². The van der Waals surface area contributed by atoms with Gasteiger partial charge in [-0.2, -0.15) is 0 Å². The van der Waals surface area contributed by atoms with Crippen LogP contribution in [0.2, 0.25) is 0 Å². The molecule has 1 aliphatic rings. The minimum atomic E-state index is 0.306. The molecule has 1 aliphatic heterocycles. The van der Waals surface area contributed by atoms with E-state index in [4.69, 9.17) is 5.11 Å². The summed E-state index contributed by atoms with van der Waals surface area (Å²) in [5.41, 5.74) is 0. The molecule has 78 valence electrons. The van der Waals surface area contributed by atoms with Crippen molar-refractivity contribution in [2.24, 2.45) is 0 Å². The van der Waals surface area contributed by atoms with Gasteiger partial charge in [-0.05, 0) is 27.3 Å². The van der Waals surface area contributed by atoms with Crippen molar-refractivity contribution in [2.45, 2.75) is 32.4 Å². The van der Waals surface area contributed by atoms with Crippen LogP contribution in [0.25, 0.3) is 0 Å². The third-order valence-corrected chi connectivity index (χ3v) is 3.00. The number of likely N-dealkylation sites (N-methyl/N-ethyl adjacent to an activating group) is 1. The Kier molecular flexibility index (Phi) is 4.16. The number of aliphatic hydroxyl groups is 1. The van der Waals surface area contributed by atoms with Gasteiger partial charge < -0.3 is 10.0 Å². The zero-order valence-electron chi connectivity index (χ0n) is 9.03. The van der Waals surface area contributed by atoms with E-state index in [2.05, 4.69) is 30.7 Å². The molecule has 1 fully saturated rings. The lowest BCUT2D eigenvalue weighted by Gasteiger charge is -2.41. The molecule has 1 N–H and O–H groups in total. The summed E-state index contributed by atoms with van der Waals surface area (Å²) in [6, 6.07) is 1.18. The molecule has 0 spiro atoms. The molecular weight excluding hydrogens is 164 g/mol. The molecule has 0 aromatic heterocycles. The van der Waals surface area contributed by atoms with E-state index in [1.165, 1.54) is 0 Å². The zero-order chi connectivity index (χ0) is 9.84.